The number of amides is 1. The Bertz CT molecular complexity index is 623. The van der Waals surface area contributed by atoms with Gasteiger partial charge in [0.2, 0.25) is 0 Å². The Kier molecular flexibility index (Phi) is 4.47. The Labute approximate surface area is 120 Å². The molecule has 0 fully saturated rings. The molecule has 104 valence electrons. The number of hydrogen-bond donors (Lipinski definition) is 1. The molecule has 1 N–H and O–H groups in total. The minimum Gasteiger partial charge on any atom is -0.444 e. The highest BCUT2D eigenvalue weighted by Crippen LogP contribution is 2.25. The highest BCUT2D eigenvalue weighted by Gasteiger charge is 2.17. The molecular weight excluding hydrogens is 276 g/mol. The van der Waals surface area contributed by atoms with Crippen LogP contribution in [-0.2, 0) is 11.3 Å². The average Bonchev–Trinajstić information content (AvgIpc) is 2.78. The van der Waals surface area contributed by atoms with E-state index in [0.717, 1.165) is 17.1 Å². The molecule has 1 amide bonds. The monoisotopic (exact) mass is 290 g/mol. The van der Waals surface area contributed by atoms with E-state index >= 15 is 0 Å². The van der Waals surface area contributed by atoms with Crippen molar-refractivity contribution in [3.8, 4) is 0 Å². The van der Waals surface area contributed by atoms with Crippen molar-refractivity contribution in [2.24, 2.45) is 0 Å². The maximum absolute atomic E-state index is 11.7. The quantitative estimate of drug-likeness (QED) is 0.876. The molecule has 0 bridgehead atoms. The van der Waals surface area contributed by atoms with Crippen molar-refractivity contribution in [1.29, 1.82) is 0 Å². The summed E-state index contributed by atoms with van der Waals surface area (Å²) < 4.78 is 9.15. The van der Waals surface area contributed by atoms with Gasteiger partial charge in [-0.3, -0.25) is 10.1 Å². The summed E-state index contributed by atoms with van der Waals surface area (Å²) >= 11 is 1.07. The first-order chi connectivity index (χ1) is 9.58. The van der Waals surface area contributed by atoms with Gasteiger partial charge in [0, 0.05) is 0 Å². The van der Waals surface area contributed by atoms with Gasteiger partial charge in [0.25, 0.3) is 0 Å². The lowest BCUT2D eigenvalue weighted by Gasteiger charge is -2.06. The van der Waals surface area contributed by atoms with E-state index in [1.54, 1.807) is 6.92 Å². The van der Waals surface area contributed by atoms with Crippen LogP contribution >= 0.6 is 11.5 Å². The smallest absolute Gasteiger partial charge is 0.412 e. The third kappa shape index (κ3) is 3.42. The molecule has 0 saturated carbocycles. The zero-order valence-corrected chi connectivity index (χ0v) is 12.0. The van der Waals surface area contributed by atoms with E-state index in [1.165, 1.54) is 6.92 Å². The molecule has 0 aliphatic heterocycles. The molecule has 1 aromatic carbocycles. The van der Waals surface area contributed by atoms with Crippen LogP contribution in [0.2, 0.25) is 0 Å². The van der Waals surface area contributed by atoms with Gasteiger partial charge in [-0.05, 0) is 30.9 Å². The van der Waals surface area contributed by atoms with Crippen LogP contribution < -0.4 is 5.32 Å². The highest BCUT2D eigenvalue weighted by atomic mass is 32.1. The Morgan fingerprint density at radius 2 is 2.00 bits per heavy atom. The molecule has 5 nitrogen and oxygen atoms in total. The fraction of sp³-hybridized carbons (Fsp3) is 0.214. The lowest BCUT2D eigenvalue weighted by molar-refractivity contribution is 0.101. The number of aryl methyl sites for hydroxylation is 1. The topological polar surface area (TPSA) is 68.3 Å². The van der Waals surface area contributed by atoms with E-state index in [2.05, 4.69) is 9.69 Å². The summed E-state index contributed by atoms with van der Waals surface area (Å²) in [5.74, 6) is -0.130. The number of ketones is 1. The number of nitrogens with one attached hydrogen (secondary N) is 1. The Balaban J connectivity index is 1.97. The van der Waals surface area contributed by atoms with Crippen LogP contribution in [0.5, 0.6) is 0 Å². The second-order valence-corrected chi connectivity index (χ2v) is 4.99. The molecule has 0 atom stereocenters. The summed E-state index contributed by atoms with van der Waals surface area (Å²) in [4.78, 5) is 23.2. The summed E-state index contributed by atoms with van der Waals surface area (Å²) in [7, 11) is 0. The molecule has 2 rings (SSSR count). The predicted molar refractivity (Wildman–Crippen MR) is 77.1 cm³/mol. The average molecular weight is 290 g/mol. The van der Waals surface area contributed by atoms with Crippen LogP contribution in [0.4, 0.5) is 9.80 Å². The van der Waals surface area contributed by atoms with Gasteiger partial charge in [-0.2, -0.15) is 4.37 Å². The van der Waals surface area contributed by atoms with Gasteiger partial charge in [0.1, 0.15) is 11.6 Å². The van der Waals surface area contributed by atoms with Crippen molar-refractivity contribution in [2.75, 3.05) is 5.32 Å². The lowest BCUT2D eigenvalue weighted by Crippen LogP contribution is -2.14. The van der Waals surface area contributed by atoms with Crippen molar-refractivity contribution in [3.63, 3.8) is 0 Å². The van der Waals surface area contributed by atoms with Crippen molar-refractivity contribution in [1.82, 2.24) is 4.37 Å². The van der Waals surface area contributed by atoms with Gasteiger partial charge in [-0.15, -0.1) is 0 Å². The van der Waals surface area contributed by atoms with E-state index in [4.69, 9.17) is 4.74 Å². The van der Waals surface area contributed by atoms with Crippen molar-refractivity contribution in [2.45, 2.75) is 20.5 Å². The van der Waals surface area contributed by atoms with Crippen LogP contribution in [-0.4, -0.2) is 16.3 Å². The molecule has 2 aromatic rings. The fourth-order valence-electron chi connectivity index (χ4n) is 1.72. The summed E-state index contributed by atoms with van der Waals surface area (Å²) in [6.45, 7) is 3.35. The normalized spacial score (nSPS) is 10.1. The first-order valence-corrected chi connectivity index (χ1v) is 6.80. The van der Waals surface area contributed by atoms with Gasteiger partial charge in [0.15, 0.2) is 5.78 Å². The van der Waals surface area contributed by atoms with Crippen LogP contribution in [0.3, 0.4) is 0 Å². The number of anilines is 1. The van der Waals surface area contributed by atoms with Crippen LogP contribution in [0, 0.1) is 6.92 Å². The van der Waals surface area contributed by atoms with E-state index < -0.39 is 6.09 Å². The Morgan fingerprint density at radius 1 is 1.30 bits per heavy atom. The van der Waals surface area contributed by atoms with E-state index in [9.17, 15) is 9.59 Å². The van der Waals surface area contributed by atoms with Gasteiger partial charge in [0.05, 0.1) is 11.3 Å². The summed E-state index contributed by atoms with van der Waals surface area (Å²) in [5.41, 5.74) is 1.95. The SMILES string of the molecule is CC(=O)c1c(C)nsc1NC(=O)OCc1ccccc1. The number of ether oxygens (including phenoxy) is 1. The van der Waals surface area contributed by atoms with Crippen LogP contribution in [0.25, 0.3) is 0 Å². The van der Waals surface area contributed by atoms with Crippen LogP contribution in [0.1, 0.15) is 28.5 Å². The molecule has 0 aliphatic rings. The molecule has 0 aliphatic carbocycles. The van der Waals surface area contributed by atoms with Crippen LogP contribution in [0.15, 0.2) is 30.3 Å². The van der Waals surface area contributed by atoms with Crippen molar-refractivity contribution in [3.05, 3.63) is 47.2 Å². The molecule has 0 spiro atoms. The first-order valence-electron chi connectivity index (χ1n) is 6.03. The molecule has 0 saturated heterocycles. The zero-order chi connectivity index (χ0) is 14.5. The lowest BCUT2D eigenvalue weighted by atomic mass is 10.2. The summed E-state index contributed by atoms with van der Waals surface area (Å²) in [5, 5.41) is 2.98. The van der Waals surface area contributed by atoms with Gasteiger partial charge in [-0.1, -0.05) is 30.3 Å². The maximum atomic E-state index is 11.7. The second kappa shape index (κ2) is 6.29. The molecule has 6 heteroatoms. The predicted octanol–water partition coefficient (Wildman–Crippen LogP) is 3.40. The molecule has 20 heavy (non-hydrogen) atoms. The number of hydrogen-bond acceptors (Lipinski definition) is 5. The number of nitrogens with zero attached hydrogens (tertiary/aromatic N) is 1. The first kappa shape index (κ1) is 14.2. The maximum Gasteiger partial charge on any atom is 0.412 e. The van der Waals surface area contributed by atoms with E-state index in [0.29, 0.717) is 16.3 Å². The molecule has 1 heterocycles. The van der Waals surface area contributed by atoms with Gasteiger partial charge < -0.3 is 4.74 Å². The largest absolute Gasteiger partial charge is 0.444 e. The highest BCUT2D eigenvalue weighted by molar-refractivity contribution is 7.11. The van der Waals surface area contributed by atoms with Gasteiger partial charge >= 0.3 is 6.09 Å². The minimum atomic E-state index is -0.597. The van der Waals surface area contributed by atoms with Crippen molar-refractivity contribution >= 4 is 28.4 Å². The standard InChI is InChI=1S/C14H14N2O3S/c1-9-12(10(2)17)13(20-16-9)15-14(18)19-8-11-6-4-3-5-7-11/h3-7H,8H2,1-2H3,(H,15,18). The van der Waals surface area contributed by atoms with Gasteiger partial charge in [-0.25, -0.2) is 4.79 Å². The summed E-state index contributed by atoms with van der Waals surface area (Å²) in [6.07, 6.45) is -0.597. The minimum absolute atomic E-state index is 0.130. The number of carbonyl (C=O) groups excluding carboxylic acids is 2. The Morgan fingerprint density at radius 3 is 2.65 bits per heavy atom. The summed E-state index contributed by atoms with van der Waals surface area (Å²) in [6, 6.07) is 9.37. The number of aromatic nitrogens is 1. The van der Waals surface area contributed by atoms with Crippen molar-refractivity contribution < 1.29 is 14.3 Å². The molecule has 0 unspecified atom stereocenters. The molecular formula is C14H14N2O3S. The number of benzene rings is 1. The number of Topliss-reactive ketones (excluding diaryl/α,β-unsaturated/α-hetero) is 1. The third-order valence-corrected chi connectivity index (χ3v) is 3.50. The van der Waals surface area contributed by atoms with E-state index in [1.807, 2.05) is 30.3 Å². The number of carbonyl (C=O) groups is 2. The third-order valence-electron chi connectivity index (χ3n) is 2.64. The second-order valence-electron chi connectivity index (χ2n) is 4.22. The number of rotatable bonds is 4. The van der Waals surface area contributed by atoms with E-state index in [-0.39, 0.29) is 12.4 Å². The fourth-order valence-corrected chi connectivity index (χ4v) is 2.55. The zero-order valence-electron chi connectivity index (χ0n) is 11.2. The molecule has 1 aromatic heterocycles. The Hall–Kier alpha value is -2.21. The molecule has 0 radical (unpaired) electrons.